The van der Waals surface area contributed by atoms with Gasteiger partial charge in [0.15, 0.2) is 0 Å². The Balaban J connectivity index is 2.02. The van der Waals surface area contributed by atoms with Crippen LogP contribution in [0.25, 0.3) is 0 Å². The van der Waals surface area contributed by atoms with Crippen molar-refractivity contribution in [2.75, 3.05) is 13.6 Å². The minimum absolute atomic E-state index is 0.177. The van der Waals surface area contributed by atoms with Crippen LogP contribution in [0.5, 0.6) is 0 Å². The van der Waals surface area contributed by atoms with Crippen LogP contribution in [-0.4, -0.2) is 42.4 Å². The maximum absolute atomic E-state index is 11.5. The van der Waals surface area contributed by atoms with Crippen molar-refractivity contribution in [3.8, 4) is 0 Å². The summed E-state index contributed by atoms with van der Waals surface area (Å²) in [6.07, 6.45) is 2.65. The second-order valence-corrected chi connectivity index (χ2v) is 4.44. The second-order valence-electron chi connectivity index (χ2n) is 4.44. The number of rotatable bonds is 4. The third-order valence-electron chi connectivity index (χ3n) is 3.37. The van der Waals surface area contributed by atoms with Crippen LogP contribution in [0.2, 0.25) is 0 Å². The summed E-state index contributed by atoms with van der Waals surface area (Å²) in [7, 11) is 1.89. The summed E-state index contributed by atoms with van der Waals surface area (Å²) in [5.74, 6) is 0.258. The maximum Gasteiger partial charge on any atom is 0.244 e. The van der Waals surface area contributed by atoms with E-state index < -0.39 is 0 Å². The molecule has 5 nitrogen and oxygen atoms in total. The zero-order valence-corrected chi connectivity index (χ0v) is 8.90. The minimum atomic E-state index is -0.313. The Bertz CT molecular complexity index is 288. The molecular formula is C10H17N3O2. The van der Waals surface area contributed by atoms with E-state index in [4.69, 9.17) is 5.73 Å². The maximum atomic E-state index is 11.5. The largest absolute Gasteiger partial charge is 0.329 e. The minimum Gasteiger partial charge on any atom is -0.329 e. The number of imide groups is 1. The molecule has 3 N–H and O–H groups in total. The molecule has 0 aromatic carbocycles. The van der Waals surface area contributed by atoms with Gasteiger partial charge in [0.1, 0.15) is 0 Å². The number of likely N-dealkylation sites (N-methyl/N-ethyl adjacent to an activating group) is 1. The molecule has 1 saturated carbocycles. The summed E-state index contributed by atoms with van der Waals surface area (Å²) in [5, 5.41) is 2.33. The van der Waals surface area contributed by atoms with Crippen molar-refractivity contribution in [1.82, 2.24) is 10.2 Å². The third kappa shape index (κ3) is 2.03. The van der Waals surface area contributed by atoms with Gasteiger partial charge in [0, 0.05) is 12.6 Å². The summed E-state index contributed by atoms with van der Waals surface area (Å²) in [4.78, 5) is 24.5. The van der Waals surface area contributed by atoms with E-state index in [-0.39, 0.29) is 30.3 Å². The lowest BCUT2D eigenvalue weighted by Crippen LogP contribution is -2.48. The van der Waals surface area contributed by atoms with Gasteiger partial charge in [-0.05, 0) is 25.8 Å². The van der Waals surface area contributed by atoms with Crippen LogP contribution in [-0.2, 0) is 9.59 Å². The lowest BCUT2D eigenvalue weighted by molar-refractivity contribution is -0.126. The summed E-state index contributed by atoms with van der Waals surface area (Å²) in [6.45, 7) is 0.555. The average molecular weight is 211 g/mol. The molecule has 1 aliphatic carbocycles. The highest BCUT2D eigenvalue weighted by Crippen LogP contribution is 2.35. The van der Waals surface area contributed by atoms with Gasteiger partial charge in [-0.3, -0.25) is 19.8 Å². The summed E-state index contributed by atoms with van der Waals surface area (Å²) in [5.41, 5.74) is 5.70. The molecule has 1 aliphatic heterocycles. The molecule has 2 amide bonds. The van der Waals surface area contributed by atoms with Crippen molar-refractivity contribution < 1.29 is 9.59 Å². The van der Waals surface area contributed by atoms with Crippen LogP contribution in [0.4, 0.5) is 0 Å². The van der Waals surface area contributed by atoms with E-state index >= 15 is 0 Å². The molecule has 2 aliphatic rings. The van der Waals surface area contributed by atoms with Crippen molar-refractivity contribution in [1.29, 1.82) is 0 Å². The highest BCUT2D eigenvalue weighted by Gasteiger charge is 2.41. The summed E-state index contributed by atoms with van der Waals surface area (Å²) >= 11 is 0. The molecule has 0 bridgehead atoms. The molecule has 1 heterocycles. The van der Waals surface area contributed by atoms with E-state index in [1.165, 1.54) is 12.8 Å². The van der Waals surface area contributed by atoms with Crippen LogP contribution in [0, 0.1) is 5.92 Å². The average Bonchev–Trinajstić information content (AvgIpc) is 2.94. The Morgan fingerprint density at radius 1 is 1.53 bits per heavy atom. The molecule has 15 heavy (non-hydrogen) atoms. The summed E-state index contributed by atoms with van der Waals surface area (Å²) < 4.78 is 0. The topological polar surface area (TPSA) is 75.4 Å². The first kappa shape index (κ1) is 10.6. The Kier molecular flexibility index (Phi) is 2.75. The zero-order valence-electron chi connectivity index (χ0n) is 8.90. The molecule has 2 rings (SSSR count). The molecule has 0 radical (unpaired) electrons. The zero-order chi connectivity index (χ0) is 11.0. The molecule has 0 aromatic rings. The number of hydrogen-bond donors (Lipinski definition) is 2. The fourth-order valence-electron chi connectivity index (χ4n) is 2.27. The monoisotopic (exact) mass is 211 g/mol. The van der Waals surface area contributed by atoms with E-state index in [0.29, 0.717) is 12.5 Å². The van der Waals surface area contributed by atoms with Gasteiger partial charge in [-0.2, -0.15) is 0 Å². The normalized spacial score (nSPS) is 28.3. The van der Waals surface area contributed by atoms with E-state index in [1.54, 1.807) is 0 Å². The Labute approximate surface area is 89.0 Å². The van der Waals surface area contributed by atoms with Crippen LogP contribution in [0.3, 0.4) is 0 Å². The molecule has 0 aromatic heterocycles. The third-order valence-corrected chi connectivity index (χ3v) is 3.37. The van der Waals surface area contributed by atoms with Gasteiger partial charge in [-0.1, -0.05) is 0 Å². The predicted octanol–water partition coefficient (Wildman–Crippen LogP) is -0.929. The number of hydrogen-bond acceptors (Lipinski definition) is 4. The number of nitrogens with one attached hydrogen (secondary N) is 1. The lowest BCUT2D eigenvalue weighted by atomic mass is 10.1. The van der Waals surface area contributed by atoms with Gasteiger partial charge < -0.3 is 5.73 Å². The van der Waals surface area contributed by atoms with E-state index in [1.807, 2.05) is 11.9 Å². The molecule has 5 heteroatoms. The highest BCUT2D eigenvalue weighted by molar-refractivity contribution is 6.05. The SMILES string of the molecule is CN(C1CC(=O)NC1=O)C(CN)C1CC1. The quantitative estimate of drug-likeness (QED) is 0.589. The van der Waals surface area contributed by atoms with Crippen molar-refractivity contribution in [2.24, 2.45) is 11.7 Å². The molecule has 2 unspecified atom stereocenters. The number of carbonyl (C=O) groups excluding carboxylic acids is 2. The van der Waals surface area contributed by atoms with E-state index in [9.17, 15) is 9.59 Å². The second kappa shape index (κ2) is 3.90. The Hall–Kier alpha value is -0.940. The van der Waals surface area contributed by atoms with Crippen molar-refractivity contribution in [3.05, 3.63) is 0 Å². The van der Waals surface area contributed by atoms with Gasteiger partial charge in [0.05, 0.1) is 12.5 Å². The van der Waals surface area contributed by atoms with E-state index in [0.717, 1.165) is 0 Å². The van der Waals surface area contributed by atoms with Gasteiger partial charge in [0.25, 0.3) is 0 Å². The molecule has 84 valence electrons. The van der Waals surface area contributed by atoms with Crippen LogP contribution in [0.1, 0.15) is 19.3 Å². The Morgan fingerprint density at radius 2 is 2.20 bits per heavy atom. The fraction of sp³-hybridized carbons (Fsp3) is 0.800. The number of carbonyl (C=O) groups is 2. The summed E-state index contributed by atoms with van der Waals surface area (Å²) in [6, 6.07) is -0.0710. The van der Waals surface area contributed by atoms with Crippen molar-refractivity contribution in [3.63, 3.8) is 0 Å². The highest BCUT2D eigenvalue weighted by atomic mass is 16.2. The Morgan fingerprint density at radius 3 is 2.60 bits per heavy atom. The molecule has 0 spiro atoms. The molecule has 1 saturated heterocycles. The number of nitrogens with zero attached hydrogens (tertiary/aromatic N) is 1. The van der Waals surface area contributed by atoms with Crippen LogP contribution < -0.4 is 11.1 Å². The smallest absolute Gasteiger partial charge is 0.244 e. The first-order chi connectivity index (χ1) is 7.13. The number of amides is 2. The van der Waals surface area contributed by atoms with E-state index in [2.05, 4.69) is 5.32 Å². The lowest BCUT2D eigenvalue weighted by Gasteiger charge is -2.30. The van der Waals surface area contributed by atoms with Gasteiger partial charge in [0.2, 0.25) is 11.8 Å². The molecular weight excluding hydrogens is 194 g/mol. The fourth-order valence-corrected chi connectivity index (χ4v) is 2.27. The van der Waals surface area contributed by atoms with Crippen molar-refractivity contribution >= 4 is 11.8 Å². The van der Waals surface area contributed by atoms with Gasteiger partial charge in [-0.15, -0.1) is 0 Å². The van der Waals surface area contributed by atoms with Gasteiger partial charge >= 0.3 is 0 Å². The van der Waals surface area contributed by atoms with Crippen LogP contribution >= 0.6 is 0 Å². The first-order valence-corrected chi connectivity index (χ1v) is 5.39. The molecule has 2 atom stereocenters. The van der Waals surface area contributed by atoms with Gasteiger partial charge in [-0.25, -0.2) is 0 Å². The van der Waals surface area contributed by atoms with Crippen LogP contribution in [0.15, 0.2) is 0 Å². The first-order valence-electron chi connectivity index (χ1n) is 5.39. The predicted molar refractivity (Wildman–Crippen MR) is 54.9 cm³/mol. The molecule has 2 fully saturated rings. The van der Waals surface area contributed by atoms with Crippen molar-refractivity contribution in [2.45, 2.75) is 31.3 Å². The number of nitrogens with two attached hydrogens (primary N) is 1. The standard InChI is InChI=1S/C10H17N3O2/c1-13(8(5-11)6-2-3-6)7-4-9(14)12-10(7)15/h6-8H,2-5,11H2,1H3,(H,12,14,15).